The highest BCUT2D eigenvalue weighted by atomic mass is 16.7. The molecule has 0 atom stereocenters. The van der Waals surface area contributed by atoms with Gasteiger partial charge in [-0.1, -0.05) is 27.2 Å². The van der Waals surface area contributed by atoms with E-state index in [-0.39, 0.29) is 11.2 Å². The fraction of sp³-hybridized carbons (Fsp3) is 1.00. The maximum atomic E-state index is 5.70. The van der Waals surface area contributed by atoms with Crippen molar-refractivity contribution < 1.29 is 9.47 Å². The standard InChI is InChI=1S/C10H20O2/c1-5-6-10(4)11-7-9(2,3)8-12-10/h5-8H2,1-4H3. The summed E-state index contributed by atoms with van der Waals surface area (Å²) in [6, 6.07) is 0. The molecule has 2 nitrogen and oxygen atoms in total. The van der Waals surface area contributed by atoms with Crippen LogP contribution in [0.5, 0.6) is 0 Å². The van der Waals surface area contributed by atoms with E-state index >= 15 is 0 Å². The summed E-state index contributed by atoms with van der Waals surface area (Å²) >= 11 is 0. The summed E-state index contributed by atoms with van der Waals surface area (Å²) in [6.45, 7) is 10.1. The van der Waals surface area contributed by atoms with Gasteiger partial charge in [-0.25, -0.2) is 0 Å². The van der Waals surface area contributed by atoms with Crippen LogP contribution < -0.4 is 0 Å². The SMILES string of the molecule is CCCC1(C)OCC(C)(C)CO1. The number of ether oxygens (including phenoxy) is 2. The minimum Gasteiger partial charge on any atom is -0.350 e. The van der Waals surface area contributed by atoms with Gasteiger partial charge in [0.05, 0.1) is 13.2 Å². The van der Waals surface area contributed by atoms with Crippen molar-refractivity contribution in [2.24, 2.45) is 5.41 Å². The molecule has 72 valence electrons. The van der Waals surface area contributed by atoms with Crippen LogP contribution in [0.2, 0.25) is 0 Å². The van der Waals surface area contributed by atoms with Gasteiger partial charge in [0.1, 0.15) is 0 Å². The lowest BCUT2D eigenvalue weighted by molar-refractivity contribution is -0.291. The topological polar surface area (TPSA) is 18.5 Å². The molecule has 12 heavy (non-hydrogen) atoms. The first-order valence-corrected chi connectivity index (χ1v) is 4.75. The van der Waals surface area contributed by atoms with Gasteiger partial charge in [-0.05, 0) is 6.92 Å². The van der Waals surface area contributed by atoms with Crippen LogP contribution in [0.1, 0.15) is 40.5 Å². The van der Waals surface area contributed by atoms with Crippen molar-refractivity contribution in [3.05, 3.63) is 0 Å². The Bertz CT molecular complexity index is 142. The van der Waals surface area contributed by atoms with E-state index in [1.807, 2.05) is 6.92 Å². The molecule has 2 heteroatoms. The van der Waals surface area contributed by atoms with E-state index in [1.54, 1.807) is 0 Å². The van der Waals surface area contributed by atoms with E-state index in [9.17, 15) is 0 Å². The fourth-order valence-corrected chi connectivity index (χ4v) is 1.38. The lowest BCUT2D eigenvalue weighted by atomic mass is 9.94. The van der Waals surface area contributed by atoms with E-state index in [0.29, 0.717) is 0 Å². The van der Waals surface area contributed by atoms with Gasteiger partial charge in [-0.15, -0.1) is 0 Å². The van der Waals surface area contributed by atoms with E-state index in [0.717, 1.165) is 26.1 Å². The first kappa shape index (κ1) is 10.0. The molecule has 0 aromatic heterocycles. The Labute approximate surface area is 75.2 Å². The highest BCUT2D eigenvalue weighted by Crippen LogP contribution is 2.31. The molecule has 0 N–H and O–H groups in total. The molecule has 1 rings (SSSR count). The average Bonchev–Trinajstić information content (AvgIpc) is 1.98. The Kier molecular flexibility index (Phi) is 2.79. The molecule has 0 aromatic rings. The summed E-state index contributed by atoms with van der Waals surface area (Å²) in [4.78, 5) is 0. The molecule has 1 heterocycles. The lowest BCUT2D eigenvalue weighted by Crippen LogP contribution is -2.45. The maximum Gasteiger partial charge on any atom is 0.165 e. The molecule has 0 aromatic carbocycles. The molecule has 0 aliphatic carbocycles. The molecule has 1 aliphatic heterocycles. The van der Waals surface area contributed by atoms with Gasteiger partial charge in [0.2, 0.25) is 0 Å². The average molecular weight is 172 g/mol. The minimum absolute atomic E-state index is 0.188. The third-order valence-corrected chi connectivity index (χ3v) is 2.24. The molecule has 0 bridgehead atoms. The smallest absolute Gasteiger partial charge is 0.165 e. The van der Waals surface area contributed by atoms with Crippen molar-refractivity contribution in [2.75, 3.05) is 13.2 Å². The summed E-state index contributed by atoms with van der Waals surface area (Å²) in [5.41, 5.74) is 0.188. The zero-order chi connectivity index (χ0) is 9.24. The monoisotopic (exact) mass is 172 g/mol. The molecule has 1 saturated heterocycles. The van der Waals surface area contributed by atoms with Crippen molar-refractivity contribution >= 4 is 0 Å². The minimum atomic E-state index is -0.315. The van der Waals surface area contributed by atoms with Crippen LogP contribution in [-0.2, 0) is 9.47 Å². The Morgan fingerprint density at radius 2 is 1.58 bits per heavy atom. The van der Waals surface area contributed by atoms with Gasteiger partial charge in [0.15, 0.2) is 5.79 Å². The van der Waals surface area contributed by atoms with Crippen LogP contribution in [0.4, 0.5) is 0 Å². The lowest BCUT2D eigenvalue weighted by Gasteiger charge is -2.41. The second-order valence-electron chi connectivity index (χ2n) is 4.63. The summed E-state index contributed by atoms with van der Waals surface area (Å²) in [5.74, 6) is -0.315. The summed E-state index contributed by atoms with van der Waals surface area (Å²) < 4.78 is 11.4. The summed E-state index contributed by atoms with van der Waals surface area (Å²) in [6.07, 6.45) is 2.10. The van der Waals surface area contributed by atoms with Crippen molar-refractivity contribution in [2.45, 2.75) is 46.3 Å². The van der Waals surface area contributed by atoms with Crippen LogP contribution in [-0.4, -0.2) is 19.0 Å². The maximum absolute atomic E-state index is 5.70. The second kappa shape index (κ2) is 3.35. The molecular formula is C10H20O2. The van der Waals surface area contributed by atoms with Gasteiger partial charge >= 0.3 is 0 Å². The molecular weight excluding hydrogens is 152 g/mol. The van der Waals surface area contributed by atoms with Crippen LogP contribution in [0.3, 0.4) is 0 Å². The Morgan fingerprint density at radius 3 is 2.00 bits per heavy atom. The molecule has 0 radical (unpaired) electrons. The molecule has 1 aliphatic rings. The Balaban J connectivity index is 2.44. The van der Waals surface area contributed by atoms with Crippen LogP contribution in [0.25, 0.3) is 0 Å². The number of hydrogen-bond donors (Lipinski definition) is 0. The van der Waals surface area contributed by atoms with Crippen molar-refractivity contribution in [1.82, 2.24) is 0 Å². The first-order chi connectivity index (χ1) is 5.47. The van der Waals surface area contributed by atoms with Crippen LogP contribution >= 0.6 is 0 Å². The van der Waals surface area contributed by atoms with E-state index in [4.69, 9.17) is 9.47 Å². The van der Waals surface area contributed by atoms with Gasteiger partial charge in [0, 0.05) is 11.8 Å². The van der Waals surface area contributed by atoms with E-state index in [2.05, 4.69) is 20.8 Å². The second-order valence-corrected chi connectivity index (χ2v) is 4.63. The van der Waals surface area contributed by atoms with Gasteiger partial charge in [-0.2, -0.15) is 0 Å². The molecule has 1 fully saturated rings. The normalized spacial score (nSPS) is 27.0. The zero-order valence-corrected chi connectivity index (χ0v) is 8.64. The van der Waals surface area contributed by atoms with E-state index < -0.39 is 0 Å². The first-order valence-electron chi connectivity index (χ1n) is 4.75. The molecule has 0 unspecified atom stereocenters. The highest BCUT2D eigenvalue weighted by Gasteiger charge is 2.35. The zero-order valence-electron chi connectivity index (χ0n) is 8.64. The van der Waals surface area contributed by atoms with E-state index in [1.165, 1.54) is 0 Å². The van der Waals surface area contributed by atoms with Crippen LogP contribution in [0, 0.1) is 5.41 Å². The third kappa shape index (κ3) is 2.46. The largest absolute Gasteiger partial charge is 0.350 e. The summed E-state index contributed by atoms with van der Waals surface area (Å²) in [7, 11) is 0. The molecule has 0 spiro atoms. The van der Waals surface area contributed by atoms with Crippen molar-refractivity contribution in [3.8, 4) is 0 Å². The number of rotatable bonds is 2. The van der Waals surface area contributed by atoms with Crippen molar-refractivity contribution in [1.29, 1.82) is 0 Å². The van der Waals surface area contributed by atoms with Gasteiger partial charge in [0.25, 0.3) is 0 Å². The van der Waals surface area contributed by atoms with Crippen LogP contribution in [0.15, 0.2) is 0 Å². The molecule has 0 saturated carbocycles. The number of hydrogen-bond acceptors (Lipinski definition) is 2. The Hall–Kier alpha value is -0.0800. The predicted octanol–water partition coefficient (Wildman–Crippen LogP) is 2.58. The third-order valence-electron chi connectivity index (χ3n) is 2.24. The molecule has 0 amide bonds. The Morgan fingerprint density at radius 1 is 1.08 bits per heavy atom. The predicted molar refractivity (Wildman–Crippen MR) is 49.0 cm³/mol. The quantitative estimate of drug-likeness (QED) is 0.637. The van der Waals surface area contributed by atoms with Gasteiger partial charge < -0.3 is 9.47 Å². The fourth-order valence-electron chi connectivity index (χ4n) is 1.38. The van der Waals surface area contributed by atoms with Crippen molar-refractivity contribution in [3.63, 3.8) is 0 Å². The highest BCUT2D eigenvalue weighted by molar-refractivity contribution is 4.76. The van der Waals surface area contributed by atoms with Gasteiger partial charge in [-0.3, -0.25) is 0 Å². The summed E-state index contributed by atoms with van der Waals surface area (Å²) in [5, 5.41) is 0.